The van der Waals surface area contributed by atoms with Gasteiger partial charge in [0.2, 0.25) is 5.91 Å². The number of carbonyl (C=O) groups excluding carboxylic acids is 1. The van der Waals surface area contributed by atoms with Gasteiger partial charge in [0.05, 0.1) is 18.8 Å². The maximum atomic E-state index is 13.8. The molecule has 1 atom stereocenters. The first-order valence-corrected chi connectivity index (χ1v) is 5.45. The van der Waals surface area contributed by atoms with E-state index < -0.39 is 11.4 Å². The molecule has 0 aromatic heterocycles. The van der Waals surface area contributed by atoms with Gasteiger partial charge in [-0.05, 0) is 25.1 Å². The van der Waals surface area contributed by atoms with E-state index >= 15 is 0 Å². The largest absolute Gasteiger partial charge is 0.399 e. The van der Waals surface area contributed by atoms with Crippen LogP contribution >= 0.6 is 12.4 Å². The number of carbonyl (C=O) groups is 1. The molecule has 1 aromatic carbocycles. The highest BCUT2D eigenvalue weighted by atomic mass is 35.5. The van der Waals surface area contributed by atoms with Crippen LogP contribution in [0.15, 0.2) is 18.2 Å². The topological polar surface area (TPSA) is 64.3 Å². The van der Waals surface area contributed by atoms with Crippen molar-refractivity contribution in [2.75, 3.05) is 18.9 Å². The molecule has 2 rings (SSSR count). The van der Waals surface area contributed by atoms with Crippen molar-refractivity contribution in [2.45, 2.75) is 18.9 Å². The Morgan fingerprint density at radius 2 is 2.22 bits per heavy atom. The zero-order chi connectivity index (χ0) is 12.5. The van der Waals surface area contributed by atoms with Gasteiger partial charge in [-0.25, -0.2) is 4.39 Å². The standard InChI is InChI=1S/C12H15FN2O2.ClH/c1-12(7-17-5-4-11(16)15-12)9-6-8(14)2-3-10(9)13;/h2-3,6H,4-5,7,14H2,1H3,(H,15,16);1H/t12-;/m0./s1. The number of halogens is 2. The van der Waals surface area contributed by atoms with Crippen LogP contribution < -0.4 is 11.1 Å². The van der Waals surface area contributed by atoms with Gasteiger partial charge in [0.1, 0.15) is 5.82 Å². The molecule has 0 unspecified atom stereocenters. The van der Waals surface area contributed by atoms with Crippen LogP contribution in [0.25, 0.3) is 0 Å². The predicted octanol–water partition coefficient (Wildman–Crippen LogP) is 1.58. The fourth-order valence-corrected chi connectivity index (χ4v) is 1.96. The molecule has 1 amide bonds. The molecule has 0 spiro atoms. The van der Waals surface area contributed by atoms with Crippen LogP contribution in [-0.4, -0.2) is 19.1 Å². The lowest BCUT2D eigenvalue weighted by atomic mass is 9.92. The number of rotatable bonds is 1. The van der Waals surface area contributed by atoms with Gasteiger partial charge in [-0.1, -0.05) is 0 Å². The van der Waals surface area contributed by atoms with E-state index in [1.807, 2.05) is 0 Å². The van der Waals surface area contributed by atoms with E-state index in [1.54, 1.807) is 6.92 Å². The molecule has 0 saturated carbocycles. The van der Waals surface area contributed by atoms with Crippen molar-refractivity contribution in [2.24, 2.45) is 0 Å². The Hall–Kier alpha value is -1.33. The van der Waals surface area contributed by atoms with Gasteiger partial charge in [-0.3, -0.25) is 4.79 Å². The highest BCUT2D eigenvalue weighted by Crippen LogP contribution is 2.27. The van der Waals surface area contributed by atoms with Crippen LogP contribution in [0.1, 0.15) is 18.9 Å². The second-order valence-electron chi connectivity index (χ2n) is 4.42. The van der Waals surface area contributed by atoms with Crippen LogP contribution in [0.3, 0.4) is 0 Å². The summed E-state index contributed by atoms with van der Waals surface area (Å²) in [5, 5.41) is 2.78. The van der Waals surface area contributed by atoms with E-state index in [2.05, 4.69) is 5.32 Å². The molecule has 3 N–H and O–H groups in total. The first kappa shape index (κ1) is 14.7. The van der Waals surface area contributed by atoms with E-state index in [4.69, 9.17) is 10.5 Å². The van der Waals surface area contributed by atoms with Crippen molar-refractivity contribution in [3.8, 4) is 0 Å². The number of nitrogens with one attached hydrogen (secondary N) is 1. The summed E-state index contributed by atoms with van der Waals surface area (Å²) in [5.41, 5.74) is 5.59. The van der Waals surface area contributed by atoms with Crippen LogP contribution in [-0.2, 0) is 15.1 Å². The number of anilines is 1. The number of ether oxygens (including phenoxy) is 1. The van der Waals surface area contributed by atoms with E-state index in [9.17, 15) is 9.18 Å². The number of benzene rings is 1. The Balaban J connectivity index is 0.00000162. The number of nitrogens with two attached hydrogens (primary N) is 1. The molecule has 1 aliphatic rings. The molecule has 18 heavy (non-hydrogen) atoms. The molecule has 6 heteroatoms. The predicted molar refractivity (Wildman–Crippen MR) is 69.0 cm³/mol. The molecule has 100 valence electrons. The summed E-state index contributed by atoms with van der Waals surface area (Å²) in [4.78, 5) is 11.5. The van der Waals surface area contributed by atoms with E-state index in [1.165, 1.54) is 18.2 Å². The molecule has 1 heterocycles. The molecule has 1 aromatic rings. The monoisotopic (exact) mass is 274 g/mol. The van der Waals surface area contributed by atoms with Crippen LogP contribution in [0.5, 0.6) is 0 Å². The lowest BCUT2D eigenvalue weighted by molar-refractivity contribution is -0.122. The smallest absolute Gasteiger partial charge is 0.223 e. The fraction of sp³-hybridized carbons (Fsp3) is 0.417. The van der Waals surface area contributed by atoms with Gasteiger partial charge >= 0.3 is 0 Å². The first-order valence-electron chi connectivity index (χ1n) is 5.45. The molecule has 4 nitrogen and oxygen atoms in total. The molecular weight excluding hydrogens is 259 g/mol. The van der Waals surface area contributed by atoms with Crippen molar-refractivity contribution in [3.05, 3.63) is 29.6 Å². The van der Waals surface area contributed by atoms with Crippen LogP contribution in [0.2, 0.25) is 0 Å². The third-order valence-corrected chi connectivity index (χ3v) is 2.86. The molecule has 1 saturated heterocycles. The summed E-state index contributed by atoms with van der Waals surface area (Å²) in [6.07, 6.45) is 0.291. The summed E-state index contributed by atoms with van der Waals surface area (Å²) in [5.74, 6) is -0.542. The summed E-state index contributed by atoms with van der Waals surface area (Å²) < 4.78 is 19.1. The Morgan fingerprint density at radius 3 is 2.94 bits per heavy atom. The molecule has 0 radical (unpaired) electrons. The maximum absolute atomic E-state index is 13.8. The van der Waals surface area contributed by atoms with Crippen molar-refractivity contribution < 1.29 is 13.9 Å². The van der Waals surface area contributed by atoms with E-state index in [0.717, 1.165) is 0 Å². The third-order valence-electron chi connectivity index (χ3n) is 2.86. The quantitative estimate of drug-likeness (QED) is 0.764. The van der Waals surface area contributed by atoms with Gasteiger partial charge in [-0.2, -0.15) is 0 Å². The van der Waals surface area contributed by atoms with Crippen molar-refractivity contribution in [1.82, 2.24) is 5.32 Å². The highest BCUT2D eigenvalue weighted by molar-refractivity contribution is 5.85. The normalized spacial score (nSPS) is 23.8. The van der Waals surface area contributed by atoms with Crippen molar-refractivity contribution in [1.29, 1.82) is 0 Å². The summed E-state index contributed by atoms with van der Waals surface area (Å²) in [6, 6.07) is 4.32. The fourth-order valence-electron chi connectivity index (χ4n) is 1.96. The Morgan fingerprint density at radius 1 is 1.50 bits per heavy atom. The van der Waals surface area contributed by atoms with Crippen LogP contribution in [0, 0.1) is 5.82 Å². The third kappa shape index (κ3) is 2.91. The van der Waals surface area contributed by atoms with E-state index in [-0.39, 0.29) is 24.9 Å². The zero-order valence-corrected chi connectivity index (χ0v) is 10.8. The minimum atomic E-state index is -0.868. The number of amides is 1. The van der Waals surface area contributed by atoms with Crippen LogP contribution in [0.4, 0.5) is 10.1 Å². The zero-order valence-electron chi connectivity index (χ0n) is 10.0. The van der Waals surface area contributed by atoms with Gasteiger partial charge in [0, 0.05) is 17.7 Å². The highest BCUT2D eigenvalue weighted by Gasteiger charge is 2.33. The number of nitrogen functional groups attached to an aromatic ring is 1. The second kappa shape index (κ2) is 5.54. The Bertz CT molecular complexity index is 456. The van der Waals surface area contributed by atoms with E-state index in [0.29, 0.717) is 24.3 Å². The molecule has 1 fully saturated rings. The molecular formula is C12H16ClFN2O2. The van der Waals surface area contributed by atoms with Crippen molar-refractivity contribution in [3.63, 3.8) is 0 Å². The Labute approximate surface area is 111 Å². The number of hydrogen-bond acceptors (Lipinski definition) is 3. The minimum absolute atomic E-state index is 0. The van der Waals surface area contributed by atoms with Gasteiger partial charge in [-0.15, -0.1) is 12.4 Å². The first-order chi connectivity index (χ1) is 8.01. The lowest BCUT2D eigenvalue weighted by Crippen LogP contribution is -2.45. The summed E-state index contributed by atoms with van der Waals surface area (Å²) >= 11 is 0. The summed E-state index contributed by atoms with van der Waals surface area (Å²) in [7, 11) is 0. The van der Waals surface area contributed by atoms with Gasteiger partial charge in [0.15, 0.2) is 0 Å². The molecule has 0 bridgehead atoms. The molecule has 0 aliphatic carbocycles. The average Bonchev–Trinajstić information content (AvgIpc) is 2.44. The maximum Gasteiger partial charge on any atom is 0.223 e. The van der Waals surface area contributed by atoms with Gasteiger partial charge < -0.3 is 15.8 Å². The Kier molecular flexibility index (Phi) is 4.53. The number of hydrogen-bond donors (Lipinski definition) is 2. The molecule has 1 aliphatic heterocycles. The summed E-state index contributed by atoms with van der Waals surface area (Å²) in [6.45, 7) is 2.32. The SMILES string of the molecule is C[C@@]1(c2cc(N)ccc2F)COCCC(=O)N1.Cl. The van der Waals surface area contributed by atoms with Crippen molar-refractivity contribution >= 4 is 24.0 Å². The second-order valence-corrected chi connectivity index (χ2v) is 4.42. The lowest BCUT2D eigenvalue weighted by Gasteiger charge is -2.29. The average molecular weight is 275 g/mol. The minimum Gasteiger partial charge on any atom is -0.399 e. The van der Waals surface area contributed by atoms with Gasteiger partial charge in [0.25, 0.3) is 0 Å².